The molecule has 0 heterocycles. The van der Waals surface area contributed by atoms with Crippen molar-refractivity contribution in [3.8, 4) is 5.75 Å². The van der Waals surface area contributed by atoms with Gasteiger partial charge in [-0.15, -0.1) is 0 Å². The van der Waals surface area contributed by atoms with Crippen LogP contribution >= 0.6 is 15.9 Å². The van der Waals surface area contributed by atoms with Crippen LogP contribution in [0.3, 0.4) is 0 Å². The molecule has 3 heteroatoms. The minimum Gasteiger partial charge on any atom is -0.494 e. The van der Waals surface area contributed by atoms with Gasteiger partial charge in [0.05, 0.1) is 11.6 Å². The highest BCUT2D eigenvalue weighted by molar-refractivity contribution is 9.09. The number of benzene rings is 1. The Morgan fingerprint density at radius 2 is 1.03 bits per heavy atom. The molecule has 0 saturated carbocycles. The van der Waals surface area contributed by atoms with Gasteiger partial charge in [0.2, 0.25) is 0 Å². The molecule has 0 aliphatic heterocycles. The zero-order chi connectivity index (χ0) is 23.8. The van der Waals surface area contributed by atoms with Crippen molar-refractivity contribution in [3.05, 3.63) is 24.3 Å². The third kappa shape index (κ3) is 19.3. The van der Waals surface area contributed by atoms with Gasteiger partial charge < -0.3 is 10.1 Å². The average Bonchev–Trinajstić information content (AvgIpc) is 2.82. The van der Waals surface area contributed by atoms with E-state index < -0.39 is 0 Å². The van der Waals surface area contributed by atoms with Gasteiger partial charge in [0.25, 0.3) is 0 Å². The molecule has 2 nitrogen and oxygen atoms in total. The molecular weight excluding hydrogens is 470 g/mol. The first-order chi connectivity index (χ1) is 16.3. The maximum Gasteiger partial charge on any atom is 0.119 e. The van der Waals surface area contributed by atoms with E-state index in [-0.39, 0.29) is 0 Å². The molecule has 0 bridgehead atoms. The molecule has 192 valence electrons. The summed E-state index contributed by atoms with van der Waals surface area (Å²) in [7, 11) is 0. The van der Waals surface area contributed by atoms with E-state index in [1.165, 1.54) is 128 Å². The standard InChI is InChI=1S/C30H54BrNO/c1-3-5-7-9-11-13-15-17-19-21-27-33-29-25-23-28(24-26-29)32-30(31)22-20-18-16-14-12-10-8-6-4-2/h23-26,30,32H,3-22,27H2,1-2H3. The monoisotopic (exact) mass is 523 g/mol. The second-order valence-electron chi connectivity index (χ2n) is 9.78. The highest BCUT2D eigenvalue weighted by atomic mass is 79.9. The van der Waals surface area contributed by atoms with E-state index in [2.05, 4.69) is 59.4 Å². The average molecular weight is 525 g/mol. The molecule has 1 atom stereocenters. The predicted molar refractivity (Wildman–Crippen MR) is 152 cm³/mol. The van der Waals surface area contributed by atoms with Crippen molar-refractivity contribution in [2.24, 2.45) is 0 Å². The smallest absolute Gasteiger partial charge is 0.119 e. The van der Waals surface area contributed by atoms with Crippen LogP contribution in [0.25, 0.3) is 0 Å². The Bertz CT molecular complexity index is 519. The zero-order valence-electron chi connectivity index (χ0n) is 22.0. The summed E-state index contributed by atoms with van der Waals surface area (Å²) in [6, 6.07) is 8.46. The minimum atomic E-state index is 0.348. The molecule has 0 radical (unpaired) electrons. The van der Waals surface area contributed by atoms with E-state index in [4.69, 9.17) is 4.74 Å². The molecule has 33 heavy (non-hydrogen) atoms. The topological polar surface area (TPSA) is 21.3 Å². The van der Waals surface area contributed by atoms with E-state index in [0.717, 1.165) is 18.8 Å². The number of unbranched alkanes of at least 4 members (excludes halogenated alkanes) is 17. The molecule has 0 spiro atoms. The van der Waals surface area contributed by atoms with Gasteiger partial charge in [-0.2, -0.15) is 0 Å². The maximum absolute atomic E-state index is 5.93. The second-order valence-corrected chi connectivity index (χ2v) is 10.9. The molecule has 1 unspecified atom stereocenters. The number of alkyl halides is 1. The Kier molecular flexibility index (Phi) is 21.2. The van der Waals surface area contributed by atoms with Gasteiger partial charge in [0.15, 0.2) is 0 Å². The number of ether oxygens (including phenoxy) is 1. The lowest BCUT2D eigenvalue weighted by atomic mass is 10.1. The lowest BCUT2D eigenvalue weighted by molar-refractivity contribution is 0.304. The summed E-state index contributed by atoms with van der Waals surface area (Å²) in [6.07, 6.45) is 27.3. The van der Waals surface area contributed by atoms with Gasteiger partial charge in [-0.3, -0.25) is 0 Å². The van der Waals surface area contributed by atoms with E-state index in [9.17, 15) is 0 Å². The second kappa shape index (κ2) is 23.1. The first-order valence-electron chi connectivity index (χ1n) is 14.4. The molecule has 0 aliphatic carbocycles. The minimum absolute atomic E-state index is 0.348. The van der Waals surface area contributed by atoms with E-state index in [1.54, 1.807) is 0 Å². The SMILES string of the molecule is CCCCCCCCCCCCOc1ccc(NC(Br)CCCCCCCCCCC)cc1. The lowest BCUT2D eigenvalue weighted by Gasteiger charge is -2.14. The van der Waals surface area contributed by atoms with Crippen LogP contribution in [0, 0.1) is 0 Å². The third-order valence-corrected chi connectivity index (χ3v) is 7.19. The molecule has 1 aromatic carbocycles. The Morgan fingerprint density at radius 1 is 0.606 bits per heavy atom. The molecule has 0 fully saturated rings. The van der Waals surface area contributed by atoms with Gasteiger partial charge in [0.1, 0.15) is 5.75 Å². The number of hydrogen-bond donors (Lipinski definition) is 1. The summed E-state index contributed by atoms with van der Waals surface area (Å²) in [5.74, 6) is 0.988. The van der Waals surface area contributed by atoms with Crippen LogP contribution in [0.4, 0.5) is 5.69 Å². The summed E-state index contributed by atoms with van der Waals surface area (Å²) in [4.78, 5) is 0.348. The molecule has 0 saturated heterocycles. The Hall–Kier alpha value is -0.700. The summed E-state index contributed by atoms with van der Waals surface area (Å²) in [5.41, 5.74) is 1.17. The van der Waals surface area contributed by atoms with Crippen LogP contribution in [0.15, 0.2) is 24.3 Å². The van der Waals surface area contributed by atoms with Gasteiger partial charge in [-0.05, 0) is 37.1 Å². The Morgan fingerprint density at radius 3 is 1.52 bits per heavy atom. The Labute approximate surface area is 215 Å². The van der Waals surface area contributed by atoms with Crippen molar-refractivity contribution in [1.82, 2.24) is 0 Å². The molecule has 1 aromatic rings. The van der Waals surface area contributed by atoms with Crippen LogP contribution in [-0.2, 0) is 0 Å². The zero-order valence-corrected chi connectivity index (χ0v) is 23.6. The normalized spacial score (nSPS) is 12.1. The summed E-state index contributed by atoms with van der Waals surface area (Å²) in [6.45, 7) is 5.40. The molecule has 0 aromatic heterocycles. The van der Waals surface area contributed by atoms with E-state index in [1.807, 2.05) is 0 Å². The van der Waals surface area contributed by atoms with Crippen LogP contribution < -0.4 is 10.1 Å². The lowest BCUT2D eigenvalue weighted by Crippen LogP contribution is -2.11. The molecule has 0 amide bonds. The van der Waals surface area contributed by atoms with Gasteiger partial charge in [-0.25, -0.2) is 0 Å². The fourth-order valence-electron chi connectivity index (χ4n) is 4.31. The quantitative estimate of drug-likeness (QED) is 0.0825. The highest BCUT2D eigenvalue weighted by Crippen LogP contribution is 2.21. The largest absolute Gasteiger partial charge is 0.494 e. The summed E-state index contributed by atoms with van der Waals surface area (Å²) < 4.78 is 5.93. The number of hydrogen-bond acceptors (Lipinski definition) is 2. The van der Waals surface area contributed by atoms with Crippen LogP contribution in [0.5, 0.6) is 5.75 Å². The van der Waals surface area contributed by atoms with Gasteiger partial charge in [-0.1, -0.05) is 145 Å². The number of rotatable bonds is 24. The fraction of sp³-hybridized carbons (Fsp3) is 0.800. The first-order valence-corrected chi connectivity index (χ1v) is 15.3. The predicted octanol–water partition coefficient (Wildman–Crippen LogP) is 11.0. The first kappa shape index (κ1) is 30.3. The van der Waals surface area contributed by atoms with E-state index in [0.29, 0.717) is 4.95 Å². The molecule has 1 rings (SSSR count). The number of anilines is 1. The van der Waals surface area contributed by atoms with Crippen LogP contribution in [0.1, 0.15) is 142 Å². The summed E-state index contributed by atoms with van der Waals surface area (Å²) >= 11 is 3.79. The molecular formula is C30H54BrNO. The molecule has 0 aliphatic rings. The fourth-order valence-corrected chi connectivity index (χ4v) is 4.90. The molecule has 1 N–H and O–H groups in total. The van der Waals surface area contributed by atoms with Crippen molar-refractivity contribution < 1.29 is 4.74 Å². The van der Waals surface area contributed by atoms with Crippen molar-refractivity contribution >= 4 is 21.6 Å². The number of halogens is 1. The Balaban J connectivity index is 1.97. The van der Waals surface area contributed by atoms with Crippen LogP contribution in [0.2, 0.25) is 0 Å². The van der Waals surface area contributed by atoms with E-state index >= 15 is 0 Å². The van der Waals surface area contributed by atoms with Crippen LogP contribution in [-0.4, -0.2) is 11.6 Å². The maximum atomic E-state index is 5.93. The van der Waals surface area contributed by atoms with Gasteiger partial charge >= 0.3 is 0 Å². The summed E-state index contributed by atoms with van der Waals surface area (Å²) in [5, 5.41) is 3.57. The van der Waals surface area contributed by atoms with Crippen molar-refractivity contribution in [3.63, 3.8) is 0 Å². The van der Waals surface area contributed by atoms with Crippen molar-refractivity contribution in [1.29, 1.82) is 0 Å². The highest BCUT2D eigenvalue weighted by Gasteiger charge is 2.04. The number of nitrogens with one attached hydrogen (secondary N) is 1. The van der Waals surface area contributed by atoms with Gasteiger partial charge in [0, 0.05) is 5.69 Å². The third-order valence-electron chi connectivity index (χ3n) is 6.51. The van der Waals surface area contributed by atoms with Crippen molar-refractivity contribution in [2.75, 3.05) is 11.9 Å². The van der Waals surface area contributed by atoms with Crippen molar-refractivity contribution in [2.45, 2.75) is 147 Å².